The van der Waals surface area contributed by atoms with Crippen LogP contribution in [0.3, 0.4) is 0 Å². The molecule has 8 nitrogen and oxygen atoms in total. The fourth-order valence-electron chi connectivity index (χ4n) is 3.10. The van der Waals surface area contributed by atoms with E-state index in [1.165, 1.54) is 17.0 Å². The molecule has 4 rings (SSSR count). The van der Waals surface area contributed by atoms with E-state index in [2.05, 4.69) is 10.2 Å². The zero-order valence-electron chi connectivity index (χ0n) is 12.9. The third kappa shape index (κ3) is 2.35. The van der Waals surface area contributed by atoms with Crippen LogP contribution in [0, 0.1) is 10.1 Å². The number of benzene rings is 2. The van der Waals surface area contributed by atoms with Crippen LogP contribution in [-0.2, 0) is 6.42 Å². The molecule has 0 saturated carbocycles. The Kier molecular flexibility index (Phi) is 3.31. The largest absolute Gasteiger partial charge is 0.306 e. The number of hydrogen-bond acceptors (Lipinski definition) is 5. The highest BCUT2D eigenvalue weighted by molar-refractivity contribution is 6.13. The maximum atomic E-state index is 13.0. The molecule has 2 aromatic carbocycles. The minimum absolute atomic E-state index is 0.0715. The summed E-state index contributed by atoms with van der Waals surface area (Å²) in [6.45, 7) is 0.407. The van der Waals surface area contributed by atoms with Gasteiger partial charge in [-0.25, -0.2) is 5.10 Å². The molecule has 1 N–H and O–H groups in total. The van der Waals surface area contributed by atoms with Gasteiger partial charge in [0.25, 0.3) is 17.2 Å². The maximum absolute atomic E-state index is 13.0. The zero-order chi connectivity index (χ0) is 17.6. The van der Waals surface area contributed by atoms with Crippen molar-refractivity contribution in [1.29, 1.82) is 0 Å². The van der Waals surface area contributed by atoms with Gasteiger partial charge in [0.1, 0.15) is 0 Å². The Balaban J connectivity index is 1.83. The Morgan fingerprint density at radius 1 is 1.20 bits per heavy atom. The molecule has 25 heavy (non-hydrogen) atoms. The number of nitro groups is 1. The maximum Gasteiger partial charge on any atom is 0.279 e. The van der Waals surface area contributed by atoms with Crippen molar-refractivity contribution in [3.8, 4) is 0 Å². The number of anilines is 1. The lowest BCUT2D eigenvalue weighted by atomic mass is 10.1. The summed E-state index contributed by atoms with van der Waals surface area (Å²) >= 11 is 0. The molecular weight excluding hydrogens is 324 g/mol. The first-order valence-corrected chi connectivity index (χ1v) is 7.63. The highest BCUT2D eigenvalue weighted by atomic mass is 16.6. The molecule has 0 fully saturated rings. The minimum atomic E-state index is -0.491. The zero-order valence-corrected chi connectivity index (χ0v) is 12.9. The van der Waals surface area contributed by atoms with Gasteiger partial charge < -0.3 is 4.90 Å². The molecule has 3 aromatic rings. The summed E-state index contributed by atoms with van der Waals surface area (Å²) in [5, 5.41) is 18.1. The van der Waals surface area contributed by atoms with Crippen molar-refractivity contribution in [3.63, 3.8) is 0 Å². The smallest absolute Gasteiger partial charge is 0.279 e. The van der Waals surface area contributed by atoms with Crippen LogP contribution >= 0.6 is 0 Å². The molecule has 2 heterocycles. The second kappa shape index (κ2) is 5.52. The predicted molar refractivity (Wildman–Crippen MR) is 90.8 cm³/mol. The van der Waals surface area contributed by atoms with Gasteiger partial charge in [0.05, 0.1) is 16.0 Å². The van der Waals surface area contributed by atoms with E-state index in [-0.39, 0.29) is 16.9 Å². The topological polar surface area (TPSA) is 109 Å². The molecule has 0 bridgehead atoms. The Morgan fingerprint density at radius 2 is 1.96 bits per heavy atom. The first-order chi connectivity index (χ1) is 12.1. The lowest BCUT2D eigenvalue weighted by Crippen LogP contribution is -2.31. The average molecular weight is 336 g/mol. The van der Waals surface area contributed by atoms with Crippen LogP contribution in [0.15, 0.2) is 47.3 Å². The molecule has 0 spiro atoms. The summed E-state index contributed by atoms with van der Waals surface area (Å²) in [5.41, 5.74) is 1.06. The van der Waals surface area contributed by atoms with Gasteiger partial charge in [-0.15, -0.1) is 0 Å². The number of fused-ring (bicyclic) bond motifs is 2. The minimum Gasteiger partial charge on any atom is -0.306 e. The number of carbonyl (C=O) groups excluding carboxylic acids is 1. The third-order valence-corrected chi connectivity index (χ3v) is 4.32. The third-order valence-electron chi connectivity index (χ3n) is 4.32. The van der Waals surface area contributed by atoms with Gasteiger partial charge in [-0.3, -0.25) is 19.7 Å². The summed E-state index contributed by atoms with van der Waals surface area (Å²) in [6, 6.07) is 11.2. The van der Waals surface area contributed by atoms with Crippen LogP contribution in [0.5, 0.6) is 0 Å². The van der Waals surface area contributed by atoms with Crippen molar-refractivity contribution in [2.24, 2.45) is 0 Å². The molecule has 1 aromatic heterocycles. The van der Waals surface area contributed by atoms with Crippen molar-refractivity contribution in [1.82, 2.24) is 10.2 Å². The monoisotopic (exact) mass is 336 g/mol. The van der Waals surface area contributed by atoms with Gasteiger partial charge in [-0.1, -0.05) is 24.3 Å². The molecule has 0 radical (unpaired) electrons. The number of H-pyrrole nitrogens is 1. The Bertz CT molecular complexity index is 1090. The summed E-state index contributed by atoms with van der Waals surface area (Å²) in [7, 11) is 0. The second-order valence-electron chi connectivity index (χ2n) is 5.72. The molecule has 1 aliphatic rings. The number of hydrogen-bond donors (Lipinski definition) is 1. The molecule has 0 unspecified atom stereocenters. The van der Waals surface area contributed by atoms with Crippen molar-refractivity contribution >= 4 is 28.1 Å². The lowest BCUT2D eigenvalue weighted by molar-refractivity contribution is -0.384. The number of nitrogens with zero attached hydrogens (tertiary/aromatic N) is 3. The van der Waals surface area contributed by atoms with Crippen molar-refractivity contribution in [2.45, 2.75) is 6.42 Å². The van der Waals surface area contributed by atoms with Crippen LogP contribution < -0.4 is 10.5 Å². The van der Waals surface area contributed by atoms with Crippen molar-refractivity contribution in [3.05, 3.63) is 74.2 Å². The van der Waals surface area contributed by atoms with E-state index >= 15 is 0 Å². The molecule has 1 aliphatic heterocycles. The highest BCUT2D eigenvalue weighted by Gasteiger charge is 2.29. The summed E-state index contributed by atoms with van der Waals surface area (Å²) in [5.74, 6) is -0.397. The first-order valence-electron chi connectivity index (χ1n) is 7.63. The number of carbonyl (C=O) groups is 1. The van der Waals surface area contributed by atoms with Crippen LogP contribution in [0.2, 0.25) is 0 Å². The van der Waals surface area contributed by atoms with Gasteiger partial charge >= 0.3 is 0 Å². The summed E-state index contributed by atoms with van der Waals surface area (Å²) in [6.07, 6.45) is 0.611. The lowest BCUT2D eigenvalue weighted by Gasteiger charge is -2.17. The van der Waals surface area contributed by atoms with E-state index in [1.54, 1.807) is 30.3 Å². The molecule has 0 aliphatic carbocycles. The van der Waals surface area contributed by atoms with E-state index in [0.29, 0.717) is 29.4 Å². The van der Waals surface area contributed by atoms with Crippen molar-refractivity contribution < 1.29 is 9.72 Å². The number of non-ortho nitro benzene ring substituents is 1. The quantitative estimate of drug-likeness (QED) is 0.569. The molecule has 0 saturated heterocycles. The number of rotatable bonds is 2. The number of amides is 1. The van der Waals surface area contributed by atoms with Crippen LogP contribution in [0.1, 0.15) is 16.1 Å². The number of aromatic amines is 1. The van der Waals surface area contributed by atoms with Gasteiger partial charge in [0, 0.05) is 24.1 Å². The predicted octanol–water partition coefficient (Wildman–Crippen LogP) is 2.03. The number of nitro benzene ring substituents is 1. The summed E-state index contributed by atoms with van der Waals surface area (Å²) in [4.78, 5) is 36.8. The van der Waals surface area contributed by atoms with Gasteiger partial charge in [0.15, 0.2) is 5.69 Å². The van der Waals surface area contributed by atoms with Gasteiger partial charge in [0.2, 0.25) is 0 Å². The van der Waals surface area contributed by atoms with Crippen LogP contribution in [-0.4, -0.2) is 27.6 Å². The standard InChI is InChI=1S/C17H12N4O4/c22-16-13-4-2-1-3-12(13)15(18-19-16)17(23)20-8-7-10-5-6-11(21(24)25)9-14(10)20/h1-6,9H,7-8H2,(H,19,22). The fraction of sp³-hybridized carbons (Fsp3) is 0.118. The first kappa shape index (κ1) is 15.0. The van der Waals surface area contributed by atoms with Crippen LogP contribution in [0.25, 0.3) is 10.8 Å². The molecule has 0 atom stereocenters. The van der Waals surface area contributed by atoms with E-state index in [9.17, 15) is 19.7 Å². The van der Waals surface area contributed by atoms with Gasteiger partial charge in [-0.05, 0) is 18.1 Å². The van der Waals surface area contributed by atoms with Crippen LogP contribution in [0.4, 0.5) is 11.4 Å². The molecule has 1 amide bonds. The second-order valence-corrected chi connectivity index (χ2v) is 5.72. The molecular formula is C17H12N4O4. The van der Waals surface area contributed by atoms with E-state index < -0.39 is 10.8 Å². The SMILES string of the molecule is O=C(c1n[nH]c(=O)c2ccccc12)N1CCc2ccc([N+](=O)[O-])cc21. The van der Waals surface area contributed by atoms with E-state index in [1.807, 2.05) is 0 Å². The molecule has 8 heteroatoms. The Hall–Kier alpha value is -3.55. The Labute approximate surface area is 140 Å². The molecule has 124 valence electrons. The average Bonchev–Trinajstić information content (AvgIpc) is 3.05. The van der Waals surface area contributed by atoms with E-state index in [0.717, 1.165) is 5.56 Å². The van der Waals surface area contributed by atoms with Gasteiger partial charge in [-0.2, -0.15) is 5.10 Å². The fourth-order valence-corrected chi connectivity index (χ4v) is 3.10. The van der Waals surface area contributed by atoms with Crippen molar-refractivity contribution in [2.75, 3.05) is 11.4 Å². The number of nitrogens with one attached hydrogen (secondary N) is 1. The van der Waals surface area contributed by atoms with E-state index in [4.69, 9.17) is 0 Å². The highest BCUT2D eigenvalue weighted by Crippen LogP contribution is 2.33. The normalized spacial score (nSPS) is 13.0. The summed E-state index contributed by atoms with van der Waals surface area (Å²) < 4.78 is 0. The Morgan fingerprint density at radius 3 is 2.72 bits per heavy atom. The number of aromatic nitrogens is 2.